The predicted molar refractivity (Wildman–Crippen MR) is 225 cm³/mol. The molecule has 0 aliphatic heterocycles. The summed E-state index contributed by atoms with van der Waals surface area (Å²) in [5, 5.41) is 7.62. The van der Waals surface area contributed by atoms with E-state index in [9.17, 15) is 0 Å². The molecule has 9 aromatic carbocycles. The van der Waals surface area contributed by atoms with E-state index in [0.717, 1.165) is 17.1 Å². The lowest BCUT2D eigenvalue weighted by Crippen LogP contribution is -2.10. The highest BCUT2D eigenvalue weighted by molar-refractivity contribution is 7.26. The summed E-state index contributed by atoms with van der Waals surface area (Å²) >= 11 is 1.88. The Hall–Kier alpha value is -6.48. The molecule has 1 aromatic heterocycles. The first-order valence-corrected chi connectivity index (χ1v) is 18.6. The first kappa shape index (κ1) is 30.4. The number of anilines is 3. The predicted octanol–water partition coefficient (Wildman–Crippen LogP) is 14.8. The molecule has 244 valence electrons. The van der Waals surface area contributed by atoms with Gasteiger partial charge in [0.2, 0.25) is 0 Å². The summed E-state index contributed by atoms with van der Waals surface area (Å²) in [5.41, 5.74) is 10.7. The van der Waals surface area contributed by atoms with Gasteiger partial charge < -0.3 is 4.90 Å². The van der Waals surface area contributed by atoms with E-state index < -0.39 is 0 Å². The minimum Gasteiger partial charge on any atom is -0.310 e. The van der Waals surface area contributed by atoms with Gasteiger partial charge in [-0.15, -0.1) is 11.3 Å². The molecular weight excluding hydrogens is 647 g/mol. The van der Waals surface area contributed by atoms with Crippen LogP contribution in [0, 0.1) is 0 Å². The van der Waals surface area contributed by atoms with Crippen molar-refractivity contribution in [2.24, 2.45) is 0 Å². The van der Waals surface area contributed by atoms with Crippen molar-refractivity contribution in [3.05, 3.63) is 200 Å². The fourth-order valence-corrected chi connectivity index (χ4v) is 8.93. The first-order chi connectivity index (χ1) is 25.8. The van der Waals surface area contributed by atoms with Crippen molar-refractivity contribution in [2.75, 3.05) is 4.90 Å². The zero-order valence-electron chi connectivity index (χ0n) is 28.4. The van der Waals surface area contributed by atoms with Crippen LogP contribution in [0.15, 0.2) is 200 Å². The Bertz CT molecular complexity index is 2910. The van der Waals surface area contributed by atoms with Crippen molar-refractivity contribution in [3.8, 4) is 33.4 Å². The van der Waals surface area contributed by atoms with E-state index in [1.165, 1.54) is 75.1 Å². The monoisotopic (exact) mass is 679 g/mol. The van der Waals surface area contributed by atoms with Crippen molar-refractivity contribution in [1.29, 1.82) is 0 Å². The summed E-state index contributed by atoms with van der Waals surface area (Å²) in [5.74, 6) is 0. The van der Waals surface area contributed by atoms with E-state index >= 15 is 0 Å². The van der Waals surface area contributed by atoms with Crippen LogP contribution in [0.1, 0.15) is 0 Å². The highest BCUT2D eigenvalue weighted by atomic mass is 32.1. The number of benzene rings is 9. The Morgan fingerprint density at radius 3 is 1.79 bits per heavy atom. The van der Waals surface area contributed by atoms with Crippen molar-refractivity contribution in [3.63, 3.8) is 0 Å². The number of hydrogen-bond acceptors (Lipinski definition) is 2. The van der Waals surface area contributed by atoms with Crippen LogP contribution in [0.25, 0.3) is 75.1 Å². The summed E-state index contributed by atoms with van der Waals surface area (Å²) in [6.07, 6.45) is 0. The van der Waals surface area contributed by atoms with Crippen molar-refractivity contribution >= 4 is 70.1 Å². The maximum atomic E-state index is 2.38. The smallest absolute Gasteiger partial charge is 0.0468 e. The number of rotatable bonds is 6. The molecule has 0 saturated heterocycles. The minimum atomic E-state index is 1.11. The van der Waals surface area contributed by atoms with Crippen LogP contribution in [-0.4, -0.2) is 0 Å². The molecule has 0 aliphatic carbocycles. The van der Waals surface area contributed by atoms with Gasteiger partial charge >= 0.3 is 0 Å². The van der Waals surface area contributed by atoms with Gasteiger partial charge in [-0.1, -0.05) is 152 Å². The highest BCUT2D eigenvalue weighted by Crippen LogP contribution is 2.42. The van der Waals surface area contributed by atoms with Crippen LogP contribution in [0.3, 0.4) is 0 Å². The van der Waals surface area contributed by atoms with Gasteiger partial charge in [0.05, 0.1) is 0 Å². The second kappa shape index (κ2) is 12.7. The average Bonchev–Trinajstić information content (AvgIpc) is 3.60. The van der Waals surface area contributed by atoms with E-state index in [-0.39, 0.29) is 0 Å². The molecule has 1 nitrogen and oxygen atoms in total. The van der Waals surface area contributed by atoms with Crippen LogP contribution >= 0.6 is 11.3 Å². The molecule has 0 atom stereocenters. The largest absolute Gasteiger partial charge is 0.310 e. The lowest BCUT2D eigenvalue weighted by molar-refractivity contribution is 1.29. The molecular formula is C50H33NS. The average molecular weight is 680 g/mol. The van der Waals surface area contributed by atoms with E-state index in [4.69, 9.17) is 0 Å². The molecule has 52 heavy (non-hydrogen) atoms. The molecule has 1 heterocycles. The number of nitrogens with zero attached hydrogens (tertiary/aromatic N) is 1. The van der Waals surface area contributed by atoms with Gasteiger partial charge in [0.15, 0.2) is 0 Å². The molecule has 0 amide bonds. The lowest BCUT2D eigenvalue weighted by Gasteiger charge is -2.26. The summed E-state index contributed by atoms with van der Waals surface area (Å²) in [7, 11) is 0. The molecule has 2 heteroatoms. The van der Waals surface area contributed by atoms with Gasteiger partial charge in [0.1, 0.15) is 0 Å². The van der Waals surface area contributed by atoms with E-state index in [1.54, 1.807) is 0 Å². The van der Waals surface area contributed by atoms with Gasteiger partial charge in [-0.05, 0) is 103 Å². The maximum Gasteiger partial charge on any atom is 0.0468 e. The Labute approximate surface area is 307 Å². The Kier molecular flexibility index (Phi) is 7.41. The molecule has 0 bridgehead atoms. The first-order valence-electron chi connectivity index (χ1n) is 17.8. The van der Waals surface area contributed by atoms with E-state index in [2.05, 4.69) is 205 Å². The molecule has 0 saturated carbocycles. The Morgan fingerprint density at radius 1 is 0.308 bits per heavy atom. The molecule has 0 radical (unpaired) electrons. The highest BCUT2D eigenvalue weighted by Gasteiger charge is 2.16. The van der Waals surface area contributed by atoms with E-state index in [0.29, 0.717) is 0 Å². The van der Waals surface area contributed by atoms with Crippen molar-refractivity contribution in [1.82, 2.24) is 0 Å². The lowest BCUT2D eigenvalue weighted by atomic mass is 9.97. The molecule has 10 aromatic rings. The summed E-state index contributed by atoms with van der Waals surface area (Å²) in [4.78, 5) is 2.38. The van der Waals surface area contributed by atoms with Gasteiger partial charge in [-0.2, -0.15) is 0 Å². The zero-order valence-corrected chi connectivity index (χ0v) is 29.2. The molecule has 0 aliphatic rings. The van der Waals surface area contributed by atoms with Gasteiger partial charge in [0, 0.05) is 37.2 Å². The molecule has 0 spiro atoms. The van der Waals surface area contributed by atoms with Crippen LogP contribution in [0.5, 0.6) is 0 Å². The Balaban J connectivity index is 1.07. The molecule has 0 N–H and O–H groups in total. The third-order valence-electron chi connectivity index (χ3n) is 10.2. The zero-order chi connectivity index (χ0) is 34.4. The summed E-state index contributed by atoms with van der Waals surface area (Å²) in [6, 6.07) is 72.9. The van der Waals surface area contributed by atoms with Gasteiger partial charge in [0.25, 0.3) is 0 Å². The van der Waals surface area contributed by atoms with E-state index in [1.807, 2.05) is 11.3 Å². The number of thiophene rings is 1. The summed E-state index contributed by atoms with van der Waals surface area (Å²) < 4.78 is 2.66. The van der Waals surface area contributed by atoms with Gasteiger partial charge in [-0.3, -0.25) is 0 Å². The maximum absolute atomic E-state index is 2.38. The van der Waals surface area contributed by atoms with Crippen molar-refractivity contribution < 1.29 is 0 Å². The standard InChI is InChI=1S/C50H33NS/c1-2-13-38-32-43(30-25-34(38)11-1)51(41-28-26-36(27-29-41)45-21-9-14-35-12-3-4-19-44(35)45)42-18-8-16-39(33-42)37-15-7-17-40(31-37)46-22-10-23-48-47-20-5-6-24-49(47)52-50(46)48/h1-33H. The normalized spacial score (nSPS) is 11.5. The number of hydrogen-bond donors (Lipinski definition) is 0. The quantitative estimate of drug-likeness (QED) is 0.169. The topological polar surface area (TPSA) is 3.24 Å². The van der Waals surface area contributed by atoms with Crippen LogP contribution in [-0.2, 0) is 0 Å². The Morgan fingerprint density at radius 2 is 0.904 bits per heavy atom. The molecule has 0 fully saturated rings. The van der Waals surface area contributed by atoms with Crippen LogP contribution in [0.4, 0.5) is 17.1 Å². The minimum absolute atomic E-state index is 1.11. The summed E-state index contributed by atoms with van der Waals surface area (Å²) in [6.45, 7) is 0. The third kappa shape index (κ3) is 5.33. The fourth-order valence-electron chi connectivity index (χ4n) is 7.70. The van der Waals surface area contributed by atoms with Gasteiger partial charge in [-0.25, -0.2) is 0 Å². The second-order valence-corrected chi connectivity index (χ2v) is 14.4. The molecule has 10 rings (SSSR count). The second-order valence-electron chi connectivity index (χ2n) is 13.4. The van der Waals surface area contributed by atoms with Crippen LogP contribution < -0.4 is 4.90 Å². The van der Waals surface area contributed by atoms with Crippen molar-refractivity contribution in [2.45, 2.75) is 0 Å². The SMILES string of the molecule is c1cc(-c2cccc(N(c3ccc(-c4cccc5ccccc45)cc3)c3ccc4ccccc4c3)c2)cc(-c2cccc3c2sc2ccccc23)c1. The third-order valence-corrected chi connectivity index (χ3v) is 11.5. The number of fused-ring (bicyclic) bond motifs is 5. The fraction of sp³-hybridized carbons (Fsp3) is 0. The molecule has 0 unspecified atom stereocenters. The van der Waals surface area contributed by atoms with Crippen LogP contribution in [0.2, 0.25) is 0 Å².